The second kappa shape index (κ2) is 6.01. The normalized spacial score (nSPS) is 13.1. The van der Waals surface area contributed by atoms with E-state index in [1.165, 1.54) is 6.20 Å². The summed E-state index contributed by atoms with van der Waals surface area (Å²) in [5.74, 6) is -2.53. The average Bonchev–Trinajstić information content (AvgIpc) is 2.69. The van der Waals surface area contributed by atoms with Crippen LogP contribution in [-0.4, -0.2) is 46.2 Å². The minimum atomic E-state index is -4.19. The van der Waals surface area contributed by atoms with Gasteiger partial charge in [0.05, 0.1) is 6.42 Å². The zero-order valence-electron chi connectivity index (χ0n) is 10.9. The molecule has 0 bridgehead atoms. The first-order chi connectivity index (χ1) is 9.17. The lowest BCUT2D eigenvalue weighted by molar-refractivity contribution is -0.145. The zero-order valence-corrected chi connectivity index (χ0v) is 11.7. The number of sulfonamides is 1. The Hall–Kier alpha value is -1.94. The Balaban J connectivity index is 3.02. The number of carboxylic acids is 2. The third kappa shape index (κ3) is 3.78. The van der Waals surface area contributed by atoms with Gasteiger partial charge in [0.25, 0.3) is 10.0 Å². The number of aromatic nitrogens is 2. The van der Waals surface area contributed by atoms with E-state index in [1.54, 1.807) is 18.4 Å². The highest BCUT2D eigenvalue weighted by atomic mass is 32.2. The lowest BCUT2D eigenvalue weighted by atomic mass is 10.2. The van der Waals surface area contributed by atoms with Crippen LogP contribution in [0.5, 0.6) is 0 Å². The zero-order chi connectivity index (χ0) is 15.5. The molecule has 9 nitrogen and oxygen atoms in total. The highest BCUT2D eigenvalue weighted by Gasteiger charge is 2.29. The Morgan fingerprint density at radius 1 is 1.45 bits per heavy atom. The van der Waals surface area contributed by atoms with Crippen molar-refractivity contribution >= 4 is 22.0 Å². The molecule has 0 saturated carbocycles. The van der Waals surface area contributed by atoms with Crippen molar-refractivity contribution in [2.24, 2.45) is 0 Å². The summed E-state index contributed by atoms with van der Waals surface area (Å²) in [5, 5.41) is 17.1. The van der Waals surface area contributed by atoms with Crippen LogP contribution in [0.4, 0.5) is 0 Å². The van der Waals surface area contributed by atoms with E-state index in [1.807, 2.05) is 4.72 Å². The Morgan fingerprint density at radius 2 is 2.05 bits per heavy atom. The molecule has 0 radical (unpaired) electrons. The van der Waals surface area contributed by atoms with Gasteiger partial charge in [-0.2, -0.15) is 4.72 Å². The van der Waals surface area contributed by atoms with Gasteiger partial charge in [0, 0.05) is 12.7 Å². The van der Waals surface area contributed by atoms with E-state index in [2.05, 4.69) is 4.98 Å². The van der Waals surface area contributed by atoms with Gasteiger partial charge in [-0.15, -0.1) is 0 Å². The van der Waals surface area contributed by atoms with Crippen LogP contribution >= 0.6 is 0 Å². The van der Waals surface area contributed by atoms with Gasteiger partial charge < -0.3 is 14.8 Å². The lowest BCUT2D eigenvalue weighted by Crippen LogP contribution is -2.42. The van der Waals surface area contributed by atoms with E-state index in [9.17, 15) is 18.0 Å². The largest absolute Gasteiger partial charge is 0.481 e. The topological polar surface area (TPSA) is 139 Å². The fourth-order valence-corrected chi connectivity index (χ4v) is 2.73. The number of rotatable bonds is 7. The molecule has 1 heterocycles. The maximum Gasteiger partial charge on any atom is 0.322 e. The SMILES string of the molecule is CCn1cc(S(=O)(=O)N[C@H](CC(=O)O)C(=O)O)nc1C. The van der Waals surface area contributed by atoms with Crippen LogP contribution in [0.25, 0.3) is 0 Å². The summed E-state index contributed by atoms with van der Waals surface area (Å²) >= 11 is 0. The first-order valence-corrected chi connectivity index (χ1v) is 7.16. The molecule has 3 N–H and O–H groups in total. The molecule has 0 aromatic carbocycles. The van der Waals surface area contributed by atoms with E-state index < -0.39 is 34.4 Å². The molecule has 112 valence electrons. The van der Waals surface area contributed by atoms with Crippen LogP contribution in [-0.2, 0) is 26.2 Å². The summed E-state index contributed by atoms with van der Waals surface area (Å²) in [6.45, 7) is 3.91. The molecule has 1 aromatic rings. The first kappa shape index (κ1) is 16.1. The summed E-state index contributed by atoms with van der Waals surface area (Å²) in [6, 6.07) is -1.75. The van der Waals surface area contributed by atoms with Crippen molar-refractivity contribution in [2.45, 2.75) is 37.9 Å². The van der Waals surface area contributed by atoms with Crippen molar-refractivity contribution in [1.29, 1.82) is 0 Å². The molecule has 0 aliphatic carbocycles. The highest BCUT2D eigenvalue weighted by Crippen LogP contribution is 2.10. The third-order valence-electron chi connectivity index (χ3n) is 2.54. The first-order valence-electron chi connectivity index (χ1n) is 5.68. The van der Waals surface area contributed by atoms with Gasteiger partial charge in [0.15, 0.2) is 5.03 Å². The molecular formula is C10H15N3O6S. The molecule has 0 fully saturated rings. The standard InChI is InChI=1S/C10H15N3O6S/c1-3-13-5-8(11-6(13)2)20(18,19)12-7(10(16)17)4-9(14)15/h5,7,12H,3-4H2,1-2H3,(H,14,15)(H,16,17)/t7-/m1/s1. The van der Waals surface area contributed by atoms with Gasteiger partial charge in [-0.1, -0.05) is 0 Å². The van der Waals surface area contributed by atoms with Crippen LogP contribution in [0.3, 0.4) is 0 Å². The molecule has 1 rings (SSSR count). The fourth-order valence-electron chi connectivity index (χ4n) is 1.53. The third-order valence-corrected chi connectivity index (χ3v) is 3.89. The van der Waals surface area contributed by atoms with E-state index >= 15 is 0 Å². The molecule has 20 heavy (non-hydrogen) atoms. The predicted molar refractivity (Wildman–Crippen MR) is 66.6 cm³/mol. The monoisotopic (exact) mass is 305 g/mol. The number of hydrogen-bond acceptors (Lipinski definition) is 5. The van der Waals surface area contributed by atoms with Crippen molar-refractivity contribution in [1.82, 2.24) is 14.3 Å². The molecule has 0 unspecified atom stereocenters. The summed E-state index contributed by atoms with van der Waals surface area (Å²) in [6.07, 6.45) is 0.402. The van der Waals surface area contributed by atoms with E-state index in [-0.39, 0.29) is 5.03 Å². The molecule has 1 atom stereocenters. The number of imidazole rings is 1. The fraction of sp³-hybridized carbons (Fsp3) is 0.500. The molecule has 0 spiro atoms. The van der Waals surface area contributed by atoms with Crippen LogP contribution in [0.1, 0.15) is 19.2 Å². The van der Waals surface area contributed by atoms with Gasteiger partial charge in [0.2, 0.25) is 0 Å². The van der Waals surface area contributed by atoms with Crippen molar-refractivity contribution in [3.8, 4) is 0 Å². The van der Waals surface area contributed by atoms with Crippen LogP contribution in [0.2, 0.25) is 0 Å². The van der Waals surface area contributed by atoms with Crippen molar-refractivity contribution in [2.75, 3.05) is 0 Å². The molecule has 0 amide bonds. The predicted octanol–water partition coefficient (Wildman–Crippen LogP) is -0.582. The van der Waals surface area contributed by atoms with Crippen molar-refractivity contribution in [3.63, 3.8) is 0 Å². The average molecular weight is 305 g/mol. The quantitative estimate of drug-likeness (QED) is 0.612. The number of nitrogens with zero attached hydrogens (tertiary/aromatic N) is 2. The van der Waals surface area contributed by atoms with Crippen LogP contribution < -0.4 is 4.72 Å². The van der Waals surface area contributed by atoms with E-state index in [0.717, 1.165) is 0 Å². The molecular weight excluding hydrogens is 290 g/mol. The van der Waals surface area contributed by atoms with Gasteiger partial charge >= 0.3 is 11.9 Å². The number of aryl methyl sites for hydroxylation is 2. The lowest BCUT2D eigenvalue weighted by Gasteiger charge is -2.11. The Kier molecular flexibility index (Phi) is 4.84. The molecule has 0 aliphatic rings. The summed E-state index contributed by atoms with van der Waals surface area (Å²) in [7, 11) is -4.19. The molecule has 1 aromatic heterocycles. The number of carboxylic acid groups (broad SMARTS) is 2. The van der Waals surface area contributed by atoms with E-state index in [4.69, 9.17) is 10.2 Å². The maximum absolute atomic E-state index is 12.0. The second-order valence-electron chi connectivity index (χ2n) is 4.02. The van der Waals surface area contributed by atoms with Crippen LogP contribution in [0, 0.1) is 6.92 Å². The van der Waals surface area contributed by atoms with Gasteiger partial charge in [0.1, 0.15) is 11.9 Å². The van der Waals surface area contributed by atoms with E-state index in [0.29, 0.717) is 12.4 Å². The van der Waals surface area contributed by atoms with Crippen molar-refractivity contribution < 1.29 is 28.2 Å². The summed E-state index contributed by atoms with van der Waals surface area (Å²) < 4.78 is 27.3. The number of nitrogens with one attached hydrogen (secondary N) is 1. The molecule has 0 aliphatic heterocycles. The minimum Gasteiger partial charge on any atom is -0.481 e. The van der Waals surface area contributed by atoms with Crippen LogP contribution in [0.15, 0.2) is 11.2 Å². The number of hydrogen-bond donors (Lipinski definition) is 3. The smallest absolute Gasteiger partial charge is 0.322 e. The van der Waals surface area contributed by atoms with Crippen molar-refractivity contribution in [3.05, 3.63) is 12.0 Å². The number of carbonyl (C=O) groups is 2. The summed E-state index contributed by atoms with van der Waals surface area (Å²) in [4.78, 5) is 25.2. The minimum absolute atomic E-state index is 0.339. The number of aliphatic carboxylic acids is 2. The highest BCUT2D eigenvalue weighted by molar-refractivity contribution is 7.89. The van der Waals surface area contributed by atoms with Gasteiger partial charge in [-0.05, 0) is 13.8 Å². The van der Waals surface area contributed by atoms with Gasteiger partial charge in [-0.25, -0.2) is 13.4 Å². The molecule has 10 heteroatoms. The summed E-state index contributed by atoms with van der Waals surface area (Å²) in [5.41, 5.74) is 0. The Morgan fingerprint density at radius 3 is 2.45 bits per heavy atom. The molecule has 0 saturated heterocycles. The Labute approximate surface area is 115 Å². The maximum atomic E-state index is 12.0. The second-order valence-corrected chi connectivity index (χ2v) is 5.68. The Bertz CT molecular complexity index is 621. The van der Waals surface area contributed by atoms with Gasteiger partial charge in [-0.3, -0.25) is 9.59 Å².